The van der Waals surface area contributed by atoms with E-state index in [1.165, 1.54) is 0 Å². The molecule has 25 heavy (non-hydrogen) atoms. The minimum absolute atomic E-state index is 0.167. The highest BCUT2D eigenvalue weighted by molar-refractivity contribution is 6.35. The summed E-state index contributed by atoms with van der Waals surface area (Å²) in [7, 11) is 0. The van der Waals surface area contributed by atoms with Crippen molar-refractivity contribution < 1.29 is 9.36 Å². The van der Waals surface area contributed by atoms with Crippen LogP contribution >= 0.6 is 23.2 Å². The Hall–Kier alpha value is -2.36. The molecule has 0 unspecified atom stereocenters. The van der Waals surface area contributed by atoms with Crippen LogP contribution in [0.1, 0.15) is 13.0 Å². The summed E-state index contributed by atoms with van der Waals surface area (Å²) >= 11 is 12.1. The number of pyridine rings is 1. The summed E-state index contributed by atoms with van der Waals surface area (Å²) in [6.45, 7) is 1.84. The van der Waals surface area contributed by atoms with E-state index in [9.17, 15) is 4.79 Å². The van der Waals surface area contributed by atoms with Gasteiger partial charge in [-0.2, -0.15) is 4.57 Å². The highest BCUT2D eigenvalue weighted by Gasteiger charge is 2.23. The third kappa shape index (κ3) is 4.19. The molecule has 5 heteroatoms. The van der Waals surface area contributed by atoms with Crippen LogP contribution in [-0.4, -0.2) is 5.91 Å². The number of benzene rings is 2. The van der Waals surface area contributed by atoms with Gasteiger partial charge >= 0.3 is 0 Å². The molecule has 0 aliphatic heterocycles. The van der Waals surface area contributed by atoms with Gasteiger partial charge in [0, 0.05) is 23.6 Å². The average molecular weight is 372 g/mol. The fourth-order valence-corrected chi connectivity index (χ4v) is 2.84. The van der Waals surface area contributed by atoms with E-state index in [4.69, 9.17) is 23.2 Å². The highest BCUT2D eigenvalue weighted by Crippen LogP contribution is 2.26. The lowest BCUT2D eigenvalue weighted by molar-refractivity contribution is -0.705. The van der Waals surface area contributed by atoms with Gasteiger partial charge in [0.15, 0.2) is 12.4 Å². The fourth-order valence-electron chi connectivity index (χ4n) is 2.50. The Morgan fingerprint density at radius 3 is 2.48 bits per heavy atom. The zero-order valence-electron chi connectivity index (χ0n) is 13.6. The normalized spacial score (nSPS) is 11.8. The molecule has 0 aliphatic rings. The van der Waals surface area contributed by atoms with Gasteiger partial charge in [-0.15, -0.1) is 0 Å². The molecular weight excluding hydrogens is 355 g/mol. The lowest BCUT2D eigenvalue weighted by atomic mass is 10.1. The molecule has 0 saturated heterocycles. The molecule has 3 aromatic rings. The average Bonchev–Trinajstić information content (AvgIpc) is 2.65. The molecule has 0 radical (unpaired) electrons. The van der Waals surface area contributed by atoms with Crippen molar-refractivity contribution in [3.63, 3.8) is 0 Å². The van der Waals surface area contributed by atoms with E-state index >= 15 is 0 Å². The van der Waals surface area contributed by atoms with Crippen molar-refractivity contribution in [3.8, 4) is 11.1 Å². The van der Waals surface area contributed by atoms with Gasteiger partial charge in [0.1, 0.15) is 0 Å². The summed E-state index contributed by atoms with van der Waals surface area (Å²) in [5.41, 5.74) is 2.65. The number of anilines is 1. The lowest BCUT2D eigenvalue weighted by Gasteiger charge is -2.11. The van der Waals surface area contributed by atoms with Crippen LogP contribution in [0, 0.1) is 0 Å². The number of amides is 1. The summed E-state index contributed by atoms with van der Waals surface area (Å²) in [5, 5.41) is 3.80. The van der Waals surface area contributed by atoms with Crippen LogP contribution in [-0.2, 0) is 4.79 Å². The van der Waals surface area contributed by atoms with E-state index in [0.717, 1.165) is 11.1 Å². The molecular formula is C20H17Cl2N2O+. The molecule has 0 spiro atoms. The molecule has 126 valence electrons. The van der Waals surface area contributed by atoms with Crippen LogP contribution in [0.2, 0.25) is 10.0 Å². The number of aromatic nitrogens is 1. The maximum Gasteiger partial charge on any atom is 0.293 e. The number of rotatable bonds is 4. The van der Waals surface area contributed by atoms with Gasteiger partial charge in [-0.3, -0.25) is 4.79 Å². The molecule has 0 fully saturated rings. The number of halogens is 2. The molecule has 1 amide bonds. The van der Waals surface area contributed by atoms with Crippen molar-refractivity contribution in [2.24, 2.45) is 0 Å². The summed E-state index contributed by atoms with van der Waals surface area (Å²) in [6, 6.07) is 18.6. The standard InChI is InChI=1S/C20H16Cl2N2O/c1-14(20(25)23-19-12-17(21)9-10-18(19)22)24-11-5-8-16(13-24)15-6-3-2-4-7-15/h2-14H,1H3/p+1/t14-/m0/s1. The van der Waals surface area contributed by atoms with E-state index in [2.05, 4.69) is 5.32 Å². The molecule has 3 rings (SSSR count). The summed E-state index contributed by atoms with van der Waals surface area (Å²) in [5.74, 6) is -0.167. The van der Waals surface area contributed by atoms with Crippen molar-refractivity contribution >= 4 is 34.8 Å². The van der Waals surface area contributed by atoms with E-state index < -0.39 is 6.04 Å². The molecule has 1 N–H and O–H groups in total. The second-order valence-electron chi connectivity index (χ2n) is 5.70. The van der Waals surface area contributed by atoms with Crippen molar-refractivity contribution in [2.75, 3.05) is 5.32 Å². The minimum Gasteiger partial charge on any atom is -0.319 e. The van der Waals surface area contributed by atoms with Gasteiger partial charge in [-0.25, -0.2) is 0 Å². The molecule has 0 saturated carbocycles. The number of carbonyl (C=O) groups is 1. The summed E-state index contributed by atoms with van der Waals surface area (Å²) in [6.07, 6.45) is 3.83. The van der Waals surface area contributed by atoms with Crippen LogP contribution < -0.4 is 9.88 Å². The summed E-state index contributed by atoms with van der Waals surface area (Å²) in [4.78, 5) is 12.6. The first-order valence-corrected chi connectivity index (χ1v) is 8.62. The second kappa shape index (κ2) is 7.68. The molecule has 0 aliphatic carbocycles. The SMILES string of the molecule is C[C@@H](C(=O)Nc1cc(Cl)ccc1Cl)[n+]1cccc(-c2ccccc2)c1. The minimum atomic E-state index is -0.404. The Labute approximate surface area is 156 Å². The third-order valence-corrected chi connectivity index (χ3v) is 4.51. The predicted octanol–water partition coefficient (Wildman–Crippen LogP) is 5.15. The monoisotopic (exact) mass is 371 g/mol. The third-order valence-electron chi connectivity index (χ3n) is 3.94. The van der Waals surface area contributed by atoms with Gasteiger partial charge in [0.05, 0.1) is 10.7 Å². The molecule has 1 atom stereocenters. The van der Waals surface area contributed by atoms with Crippen molar-refractivity contribution in [3.05, 3.63) is 83.1 Å². The first-order chi connectivity index (χ1) is 12.0. The number of nitrogens with zero attached hydrogens (tertiary/aromatic N) is 1. The molecule has 2 aromatic carbocycles. The van der Waals surface area contributed by atoms with Gasteiger partial charge < -0.3 is 5.32 Å². The van der Waals surface area contributed by atoms with E-state index in [0.29, 0.717) is 15.7 Å². The Morgan fingerprint density at radius 2 is 1.72 bits per heavy atom. The zero-order valence-corrected chi connectivity index (χ0v) is 15.1. The maximum atomic E-state index is 12.6. The fraction of sp³-hybridized carbons (Fsp3) is 0.100. The maximum absolute atomic E-state index is 12.6. The van der Waals surface area contributed by atoms with E-state index in [1.807, 2.05) is 66.3 Å². The van der Waals surface area contributed by atoms with Crippen LogP contribution in [0.25, 0.3) is 11.1 Å². The molecule has 1 heterocycles. The van der Waals surface area contributed by atoms with Gasteiger partial charge in [-0.1, -0.05) is 53.5 Å². The summed E-state index contributed by atoms with van der Waals surface area (Å²) < 4.78 is 1.87. The van der Waals surface area contributed by atoms with Gasteiger partial charge in [0.25, 0.3) is 5.91 Å². The van der Waals surface area contributed by atoms with Crippen molar-refractivity contribution in [1.29, 1.82) is 0 Å². The molecule has 0 bridgehead atoms. The van der Waals surface area contributed by atoms with Gasteiger partial charge in [0.2, 0.25) is 6.04 Å². The Balaban J connectivity index is 1.82. The first kappa shape index (κ1) is 17.5. The Kier molecular flexibility index (Phi) is 5.37. The Morgan fingerprint density at radius 1 is 1.00 bits per heavy atom. The van der Waals surface area contributed by atoms with Crippen molar-refractivity contribution in [1.82, 2.24) is 0 Å². The zero-order chi connectivity index (χ0) is 17.8. The number of carbonyl (C=O) groups excluding carboxylic acids is 1. The largest absolute Gasteiger partial charge is 0.319 e. The molecule has 1 aromatic heterocycles. The topological polar surface area (TPSA) is 33.0 Å². The van der Waals surface area contributed by atoms with E-state index in [1.54, 1.807) is 18.2 Å². The Bertz CT molecular complexity index is 897. The van der Waals surface area contributed by atoms with Crippen LogP contribution in [0.3, 0.4) is 0 Å². The smallest absolute Gasteiger partial charge is 0.293 e. The number of nitrogens with one attached hydrogen (secondary N) is 1. The van der Waals surface area contributed by atoms with Crippen LogP contribution in [0.4, 0.5) is 5.69 Å². The highest BCUT2D eigenvalue weighted by atomic mass is 35.5. The van der Waals surface area contributed by atoms with Crippen LogP contribution in [0.15, 0.2) is 73.1 Å². The predicted molar refractivity (Wildman–Crippen MR) is 102 cm³/mol. The molecule has 3 nitrogen and oxygen atoms in total. The second-order valence-corrected chi connectivity index (χ2v) is 6.54. The number of hydrogen-bond donors (Lipinski definition) is 1. The lowest BCUT2D eigenvalue weighted by Crippen LogP contribution is -2.44. The van der Waals surface area contributed by atoms with Crippen molar-refractivity contribution in [2.45, 2.75) is 13.0 Å². The number of hydrogen-bond acceptors (Lipinski definition) is 1. The first-order valence-electron chi connectivity index (χ1n) is 7.87. The van der Waals surface area contributed by atoms with E-state index in [-0.39, 0.29) is 5.91 Å². The quantitative estimate of drug-likeness (QED) is 0.632. The van der Waals surface area contributed by atoms with Crippen LogP contribution in [0.5, 0.6) is 0 Å². The van der Waals surface area contributed by atoms with Gasteiger partial charge in [-0.05, 0) is 29.8 Å².